The Labute approximate surface area is 73.1 Å². The maximum absolute atomic E-state index is 12.3. The summed E-state index contributed by atoms with van der Waals surface area (Å²) in [6.45, 7) is 1.83. The van der Waals surface area contributed by atoms with Crippen molar-refractivity contribution >= 4 is 23.7 Å². The third-order valence-electron chi connectivity index (χ3n) is 0.847. The van der Waals surface area contributed by atoms with Gasteiger partial charge < -0.3 is 9.84 Å². The van der Waals surface area contributed by atoms with Crippen molar-refractivity contribution in [3.63, 3.8) is 0 Å². The SMILES string of the molecule is CCOC(=O)CSC(F)C(=O)O. The molecule has 0 aliphatic heterocycles. The molecular formula is C6H9FO4S. The molecule has 0 amide bonds. The van der Waals surface area contributed by atoms with Gasteiger partial charge in [0.1, 0.15) is 0 Å². The van der Waals surface area contributed by atoms with Crippen LogP contribution < -0.4 is 0 Å². The van der Waals surface area contributed by atoms with Gasteiger partial charge in [0.05, 0.1) is 12.4 Å². The lowest BCUT2D eigenvalue weighted by Gasteiger charge is -2.02. The fourth-order valence-corrected chi connectivity index (χ4v) is 0.923. The van der Waals surface area contributed by atoms with Crippen LogP contribution in [0.2, 0.25) is 0 Å². The van der Waals surface area contributed by atoms with E-state index in [9.17, 15) is 14.0 Å². The number of alkyl halides is 1. The second kappa shape index (κ2) is 5.82. The molecule has 6 heteroatoms. The van der Waals surface area contributed by atoms with Crippen LogP contribution in [0, 0.1) is 0 Å². The van der Waals surface area contributed by atoms with Crippen molar-refractivity contribution in [2.24, 2.45) is 0 Å². The Bertz CT molecular complexity index is 173. The molecule has 0 fully saturated rings. The van der Waals surface area contributed by atoms with Crippen LogP contribution in [0.4, 0.5) is 4.39 Å². The van der Waals surface area contributed by atoms with Crippen LogP contribution in [-0.2, 0) is 14.3 Å². The van der Waals surface area contributed by atoms with Crippen LogP contribution in [0.15, 0.2) is 0 Å². The molecule has 4 nitrogen and oxygen atoms in total. The maximum atomic E-state index is 12.3. The van der Waals surface area contributed by atoms with Gasteiger partial charge in [0.2, 0.25) is 5.50 Å². The van der Waals surface area contributed by atoms with Crippen molar-refractivity contribution in [2.75, 3.05) is 12.4 Å². The minimum absolute atomic E-state index is 0.212. The van der Waals surface area contributed by atoms with Crippen molar-refractivity contribution < 1.29 is 23.8 Å². The van der Waals surface area contributed by atoms with Crippen LogP contribution in [-0.4, -0.2) is 34.9 Å². The van der Waals surface area contributed by atoms with Gasteiger partial charge in [-0.1, -0.05) is 0 Å². The van der Waals surface area contributed by atoms with E-state index in [2.05, 4.69) is 4.74 Å². The molecule has 0 aliphatic rings. The number of hydrogen-bond acceptors (Lipinski definition) is 4. The van der Waals surface area contributed by atoms with Crippen molar-refractivity contribution in [1.29, 1.82) is 0 Å². The first-order valence-electron chi connectivity index (χ1n) is 3.22. The van der Waals surface area contributed by atoms with E-state index in [4.69, 9.17) is 5.11 Å². The number of carboxylic acid groups (broad SMARTS) is 1. The summed E-state index contributed by atoms with van der Waals surface area (Å²) in [5.74, 6) is -2.46. The van der Waals surface area contributed by atoms with Gasteiger partial charge in [-0.2, -0.15) is 0 Å². The third kappa shape index (κ3) is 4.95. The summed E-state index contributed by atoms with van der Waals surface area (Å²) in [7, 11) is 0. The van der Waals surface area contributed by atoms with Gasteiger partial charge in [-0.3, -0.25) is 4.79 Å². The number of carboxylic acids is 1. The number of ether oxygens (including phenoxy) is 1. The molecule has 0 heterocycles. The summed E-state index contributed by atoms with van der Waals surface area (Å²) < 4.78 is 16.7. The molecule has 0 bridgehead atoms. The van der Waals surface area contributed by atoms with Crippen LogP contribution >= 0.6 is 11.8 Å². The minimum Gasteiger partial charge on any atom is -0.478 e. The Balaban J connectivity index is 3.54. The molecule has 1 unspecified atom stereocenters. The number of halogens is 1. The Hall–Kier alpha value is -0.780. The van der Waals surface area contributed by atoms with Gasteiger partial charge in [-0.25, -0.2) is 9.18 Å². The van der Waals surface area contributed by atoms with Gasteiger partial charge >= 0.3 is 11.9 Å². The Kier molecular flexibility index (Phi) is 5.44. The molecule has 1 atom stereocenters. The summed E-state index contributed by atoms with van der Waals surface area (Å²) in [4.78, 5) is 20.5. The van der Waals surface area contributed by atoms with Crippen LogP contribution in [0.5, 0.6) is 0 Å². The number of thioether (sulfide) groups is 1. The highest BCUT2D eigenvalue weighted by Crippen LogP contribution is 2.12. The van der Waals surface area contributed by atoms with Crippen LogP contribution in [0.3, 0.4) is 0 Å². The summed E-state index contributed by atoms with van der Waals surface area (Å²) in [5, 5.41) is 8.08. The molecule has 0 aromatic rings. The van der Waals surface area contributed by atoms with Gasteiger partial charge in [0.25, 0.3) is 0 Å². The lowest BCUT2D eigenvalue weighted by molar-refractivity contribution is -0.139. The fourth-order valence-electron chi connectivity index (χ4n) is 0.415. The largest absolute Gasteiger partial charge is 0.478 e. The molecular weight excluding hydrogens is 187 g/mol. The van der Waals surface area contributed by atoms with E-state index < -0.39 is 17.4 Å². The van der Waals surface area contributed by atoms with E-state index >= 15 is 0 Å². The quantitative estimate of drug-likeness (QED) is 0.654. The Morgan fingerprint density at radius 3 is 2.67 bits per heavy atom. The number of carbonyl (C=O) groups excluding carboxylic acids is 1. The highest BCUT2D eigenvalue weighted by molar-refractivity contribution is 8.01. The predicted molar refractivity (Wildman–Crippen MR) is 41.6 cm³/mol. The zero-order valence-electron chi connectivity index (χ0n) is 6.45. The molecule has 0 saturated heterocycles. The summed E-state index contributed by atoms with van der Waals surface area (Å²) >= 11 is 0.392. The molecule has 1 N–H and O–H groups in total. The lowest BCUT2D eigenvalue weighted by atomic mass is 10.7. The van der Waals surface area contributed by atoms with E-state index in [0.717, 1.165) is 0 Å². The average Bonchev–Trinajstić information content (AvgIpc) is 2.00. The average molecular weight is 196 g/mol. The maximum Gasteiger partial charge on any atom is 0.348 e. The van der Waals surface area contributed by atoms with Gasteiger partial charge in [0, 0.05) is 0 Å². The van der Waals surface area contributed by atoms with Crippen molar-refractivity contribution in [3.8, 4) is 0 Å². The number of aliphatic carboxylic acids is 1. The molecule has 12 heavy (non-hydrogen) atoms. The van der Waals surface area contributed by atoms with E-state index in [1.165, 1.54) is 0 Å². The first-order chi connectivity index (χ1) is 5.57. The number of carbonyl (C=O) groups is 2. The molecule has 0 rings (SSSR count). The first-order valence-corrected chi connectivity index (χ1v) is 4.27. The summed E-state index contributed by atoms with van der Waals surface area (Å²) in [6.07, 6.45) is 0. The van der Waals surface area contributed by atoms with Gasteiger partial charge in [0.15, 0.2) is 0 Å². The van der Waals surface area contributed by atoms with Gasteiger partial charge in [-0.05, 0) is 6.92 Å². The molecule has 0 radical (unpaired) electrons. The minimum atomic E-state index is -2.06. The standard InChI is InChI=1S/C6H9FO4S/c1-2-11-4(8)3-12-5(7)6(9)10/h5H,2-3H2,1H3,(H,9,10). The Morgan fingerprint density at radius 2 is 2.25 bits per heavy atom. The molecule has 0 spiro atoms. The van der Waals surface area contributed by atoms with E-state index in [-0.39, 0.29) is 12.4 Å². The smallest absolute Gasteiger partial charge is 0.348 e. The molecule has 0 aromatic carbocycles. The monoisotopic (exact) mass is 196 g/mol. The fraction of sp³-hybridized carbons (Fsp3) is 0.667. The normalized spacial score (nSPS) is 12.2. The molecule has 0 aliphatic carbocycles. The van der Waals surface area contributed by atoms with Crippen LogP contribution in [0.1, 0.15) is 6.92 Å². The highest BCUT2D eigenvalue weighted by Gasteiger charge is 2.17. The topological polar surface area (TPSA) is 63.6 Å². The third-order valence-corrected chi connectivity index (χ3v) is 1.74. The summed E-state index contributed by atoms with van der Waals surface area (Å²) in [6, 6.07) is 0. The predicted octanol–water partition coefficient (Wildman–Crippen LogP) is 0.663. The second-order valence-electron chi connectivity index (χ2n) is 1.77. The zero-order valence-corrected chi connectivity index (χ0v) is 7.27. The molecule has 0 saturated carbocycles. The van der Waals surface area contributed by atoms with E-state index in [0.29, 0.717) is 11.8 Å². The molecule has 70 valence electrons. The number of rotatable bonds is 5. The first kappa shape index (κ1) is 11.2. The molecule has 0 aromatic heterocycles. The van der Waals surface area contributed by atoms with E-state index in [1.807, 2.05) is 0 Å². The lowest BCUT2D eigenvalue weighted by Crippen LogP contribution is -2.14. The van der Waals surface area contributed by atoms with Crippen molar-refractivity contribution in [2.45, 2.75) is 12.4 Å². The summed E-state index contributed by atoms with van der Waals surface area (Å²) in [5.41, 5.74) is -2.06. The van der Waals surface area contributed by atoms with E-state index in [1.54, 1.807) is 6.92 Å². The highest BCUT2D eigenvalue weighted by atomic mass is 32.2. The van der Waals surface area contributed by atoms with Crippen molar-refractivity contribution in [3.05, 3.63) is 0 Å². The van der Waals surface area contributed by atoms with Crippen LogP contribution in [0.25, 0.3) is 0 Å². The van der Waals surface area contributed by atoms with Crippen molar-refractivity contribution in [1.82, 2.24) is 0 Å². The number of hydrogen-bond donors (Lipinski definition) is 1. The Morgan fingerprint density at radius 1 is 1.67 bits per heavy atom. The zero-order chi connectivity index (χ0) is 9.56. The second-order valence-corrected chi connectivity index (χ2v) is 2.81. The van der Waals surface area contributed by atoms with Gasteiger partial charge in [-0.15, -0.1) is 11.8 Å². The number of esters is 1.